The van der Waals surface area contributed by atoms with Crippen molar-refractivity contribution in [3.63, 3.8) is 0 Å². The molecule has 0 bridgehead atoms. The zero-order valence-electron chi connectivity index (χ0n) is 12.6. The van der Waals surface area contributed by atoms with Gasteiger partial charge in [-0.2, -0.15) is 0 Å². The van der Waals surface area contributed by atoms with E-state index in [1.807, 2.05) is 18.2 Å². The number of aldehydes is 1. The first-order valence-corrected chi connectivity index (χ1v) is 7.30. The van der Waals surface area contributed by atoms with Crippen molar-refractivity contribution in [2.45, 2.75) is 0 Å². The molecule has 3 aromatic rings. The normalized spacial score (nSPS) is 10.9. The molecule has 0 saturated carbocycles. The molecule has 0 aliphatic carbocycles. The van der Waals surface area contributed by atoms with Crippen LogP contribution in [0, 0.1) is 5.82 Å². The van der Waals surface area contributed by atoms with E-state index in [0.29, 0.717) is 17.4 Å². The lowest BCUT2D eigenvalue weighted by atomic mass is 10.0. The summed E-state index contributed by atoms with van der Waals surface area (Å²) in [7, 11) is 0. The number of hydrogen-bond donors (Lipinski definition) is 0. The standard InChI is InChI=1S/C20H13FO3/c21-16-9-5-14(6-10-16)7-12-20(23)24-19-11-8-15-3-1-2-4-17(15)18(19)13-22/h1-13H. The summed E-state index contributed by atoms with van der Waals surface area (Å²) in [5.41, 5.74) is 0.999. The number of ether oxygens (including phenoxy) is 1. The van der Waals surface area contributed by atoms with Crippen LogP contribution in [-0.2, 0) is 4.79 Å². The zero-order valence-corrected chi connectivity index (χ0v) is 12.6. The maximum absolute atomic E-state index is 12.8. The van der Waals surface area contributed by atoms with Crippen LogP contribution in [-0.4, -0.2) is 12.3 Å². The number of hydrogen-bond acceptors (Lipinski definition) is 3. The SMILES string of the molecule is O=Cc1c(OC(=O)C=Cc2ccc(F)cc2)ccc2ccccc12. The molecular weight excluding hydrogens is 307 g/mol. The second kappa shape index (κ2) is 6.87. The van der Waals surface area contributed by atoms with Crippen molar-refractivity contribution in [2.24, 2.45) is 0 Å². The average molecular weight is 320 g/mol. The zero-order chi connectivity index (χ0) is 16.9. The monoisotopic (exact) mass is 320 g/mol. The number of halogens is 1. The van der Waals surface area contributed by atoms with Gasteiger partial charge in [0.25, 0.3) is 0 Å². The van der Waals surface area contributed by atoms with E-state index in [9.17, 15) is 14.0 Å². The molecule has 0 radical (unpaired) electrons. The Kier molecular flexibility index (Phi) is 4.47. The van der Waals surface area contributed by atoms with E-state index < -0.39 is 5.97 Å². The largest absolute Gasteiger partial charge is 0.423 e. The predicted octanol–water partition coefficient (Wildman–Crippen LogP) is 4.41. The van der Waals surface area contributed by atoms with Gasteiger partial charge in [-0.1, -0.05) is 42.5 Å². The van der Waals surface area contributed by atoms with Gasteiger partial charge in [-0.3, -0.25) is 4.79 Å². The highest BCUT2D eigenvalue weighted by atomic mass is 19.1. The quantitative estimate of drug-likeness (QED) is 0.309. The molecule has 0 amide bonds. The van der Waals surface area contributed by atoms with E-state index in [1.165, 1.54) is 24.3 Å². The minimum Gasteiger partial charge on any atom is -0.423 e. The van der Waals surface area contributed by atoms with Crippen LogP contribution in [0.4, 0.5) is 4.39 Å². The minimum atomic E-state index is -0.613. The predicted molar refractivity (Wildman–Crippen MR) is 90.4 cm³/mol. The second-order valence-corrected chi connectivity index (χ2v) is 5.12. The average Bonchev–Trinajstić information content (AvgIpc) is 2.61. The molecule has 4 heteroatoms. The highest BCUT2D eigenvalue weighted by Gasteiger charge is 2.10. The molecule has 3 nitrogen and oxygen atoms in total. The summed E-state index contributed by atoms with van der Waals surface area (Å²) >= 11 is 0. The molecule has 0 spiro atoms. The van der Waals surface area contributed by atoms with Gasteiger partial charge in [-0.25, -0.2) is 9.18 Å². The fourth-order valence-electron chi connectivity index (χ4n) is 2.37. The summed E-state index contributed by atoms with van der Waals surface area (Å²) in [6.07, 6.45) is 3.43. The summed E-state index contributed by atoms with van der Waals surface area (Å²) in [6, 6.07) is 16.4. The van der Waals surface area contributed by atoms with Crippen molar-refractivity contribution in [1.29, 1.82) is 0 Å². The lowest BCUT2D eigenvalue weighted by molar-refractivity contribution is -0.128. The van der Waals surface area contributed by atoms with Crippen LogP contribution >= 0.6 is 0 Å². The number of rotatable bonds is 4. The Bertz CT molecular complexity index is 927. The maximum Gasteiger partial charge on any atom is 0.336 e. The van der Waals surface area contributed by atoms with Crippen molar-refractivity contribution in [3.05, 3.63) is 83.7 Å². The van der Waals surface area contributed by atoms with Crippen molar-refractivity contribution in [3.8, 4) is 5.75 Å². The van der Waals surface area contributed by atoms with E-state index >= 15 is 0 Å². The molecule has 0 fully saturated rings. The highest BCUT2D eigenvalue weighted by Crippen LogP contribution is 2.26. The van der Waals surface area contributed by atoms with Crippen LogP contribution in [0.1, 0.15) is 15.9 Å². The second-order valence-electron chi connectivity index (χ2n) is 5.12. The van der Waals surface area contributed by atoms with Gasteiger partial charge < -0.3 is 4.74 Å². The first-order valence-electron chi connectivity index (χ1n) is 7.30. The Labute approximate surface area is 138 Å². The van der Waals surface area contributed by atoms with Crippen LogP contribution in [0.2, 0.25) is 0 Å². The van der Waals surface area contributed by atoms with Gasteiger partial charge >= 0.3 is 5.97 Å². The molecule has 0 saturated heterocycles. The van der Waals surface area contributed by atoms with Crippen LogP contribution in [0.3, 0.4) is 0 Å². The van der Waals surface area contributed by atoms with Crippen molar-refractivity contribution in [1.82, 2.24) is 0 Å². The molecule has 24 heavy (non-hydrogen) atoms. The van der Waals surface area contributed by atoms with E-state index in [0.717, 1.165) is 10.8 Å². The number of carbonyl (C=O) groups is 2. The van der Waals surface area contributed by atoms with Crippen molar-refractivity contribution < 1.29 is 18.7 Å². The highest BCUT2D eigenvalue weighted by molar-refractivity contribution is 6.02. The third kappa shape index (κ3) is 3.38. The van der Waals surface area contributed by atoms with Crippen LogP contribution < -0.4 is 4.74 Å². The lowest BCUT2D eigenvalue weighted by Gasteiger charge is -2.07. The number of esters is 1. The molecule has 0 atom stereocenters. The van der Waals surface area contributed by atoms with Gasteiger partial charge in [-0.15, -0.1) is 0 Å². The van der Waals surface area contributed by atoms with Gasteiger partial charge in [0.1, 0.15) is 11.6 Å². The van der Waals surface area contributed by atoms with Gasteiger partial charge in [0.05, 0.1) is 5.56 Å². The lowest BCUT2D eigenvalue weighted by Crippen LogP contribution is -2.06. The van der Waals surface area contributed by atoms with Crippen LogP contribution in [0.25, 0.3) is 16.8 Å². The molecule has 0 aromatic heterocycles. The van der Waals surface area contributed by atoms with E-state index in [2.05, 4.69) is 0 Å². The van der Waals surface area contributed by atoms with E-state index in [1.54, 1.807) is 30.3 Å². The topological polar surface area (TPSA) is 43.4 Å². The minimum absolute atomic E-state index is 0.206. The molecule has 0 aliphatic heterocycles. The third-order valence-electron chi connectivity index (χ3n) is 3.54. The van der Waals surface area contributed by atoms with E-state index in [-0.39, 0.29) is 11.6 Å². The number of fused-ring (bicyclic) bond motifs is 1. The molecule has 0 N–H and O–H groups in total. The summed E-state index contributed by atoms with van der Waals surface area (Å²) in [6.45, 7) is 0. The molecule has 0 heterocycles. The van der Waals surface area contributed by atoms with Crippen molar-refractivity contribution >= 4 is 29.1 Å². The Hall–Kier alpha value is -3.27. The molecule has 3 rings (SSSR count). The Balaban J connectivity index is 1.82. The summed E-state index contributed by atoms with van der Waals surface area (Å²) in [5, 5.41) is 1.61. The van der Waals surface area contributed by atoms with E-state index in [4.69, 9.17) is 4.74 Å². The molecule has 118 valence electrons. The maximum atomic E-state index is 12.8. The molecular formula is C20H13FO3. The Morgan fingerprint density at radius 3 is 2.46 bits per heavy atom. The van der Waals surface area contributed by atoms with Crippen molar-refractivity contribution in [2.75, 3.05) is 0 Å². The summed E-state index contributed by atoms with van der Waals surface area (Å²) in [5.74, 6) is -0.753. The van der Waals surface area contributed by atoms with Gasteiger partial charge in [0.2, 0.25) is 0 Å². The van der Waals surface area contributed by atoms with Crippen LogP contribution in [0.5, 0.6) is 5.75 Å². The first kappa shape index (κ1) is 15.6. The fraction of sp³-hybridized carbons (Fsp3) is 0. The van der Waals surface area contributed by atoms with Gasteiger partial charge in [-0.05, 0) is 40.6 Å². The Morgan fingerprint density at radius 2 is 1.71 bits per heavy atom. The first-order chi connectivity index (χ1) is 11.7. The summed E-state index contributed by atoms with van der Waals surface area (Å²) in [4.78, 5) is 23.3. The Morgan fingerprint density at radius 1 is 0.958 bits per heavy atom. The summed E-state index contributed by atoms with van der Waals surface area (Å²) < 4.78 is 18.1. The number of carbonyl (C=O) groups excluding carboxylic acids is 2. The molecule has 0 unspecified atom stereocenters. The smallest absolute Gasteiger partial charge is 0.336 e. The number of benzene rings is 3. The van der Waals surface area contributed by atoms with Crippen LogP contribution in [0.15, 0.2) is 66.7 Å². The third-order valence-corrected chi connectivity index (χ3v) is 3.54. The molecule has 0 aliphatic rings. The van der Waals surface area contributed by atoms with Gasteiger partial charge in [0, 0.05) is 6.08 Å². The fourth-order valence-corrected chi connectivity index (χ4v) is 2.37. The van der Waals surface area contributed by atoms with Gasteiger partial charge in [0.15, 0.2) is 6.29 Å². The molecule has 3 aromatic carbocycles.